The Morgan fingerprint density at radius 1 is 1.39 bits per heavy atom. The number of nitrogens with two attached hydrogens (primary N) is 1. The van der Waals surface area contributed by atoms with E-state index >= 15 is 0 Å². The largest absolute Gasteiger partial charge is 0.493 e. The minimum absolute atomic E-state index is 0.0894. The molecule has 0 saturated carbocycles. The highest BCUT2D eigenvalue weighted by molar-refractivity contribution is 6.02. The van der Waals surface area contributed by atoms with E-state index in [1.807, 2.05) is 13.8 Å². The lowest BCUT2D eigenvalue weighted by molar-refractivity contribution is 0.0927. The third-order valence-electron chi connectivity index (χ3n) is 2.94. The average Bonchev–Trinajstić information content (AvgIpc) is 2.29. The Bertz CT molecular complexity index is 416. The molecular weight excluding hydrogens is 228 g/mol. The molecule has 4 nitrogen and oxygen atoms in total. The van der Waals surface area contributed by atoms with Gasteiger partial charge in [-0.3, -0.25) is 4.79 Å². The van der Waals surface area contributed by atoms with Crippen LogP contribution in [0.1, 0.15) is 38.1 Å². The summed E-state index contributed by atoms with van der Waals surface area (Å²) in [5.41, 5.74) is 6.73. The van der Waals surface area contributed by atoms with Crippen molar-refractivity contribution < 1.29 is 9.53 Å². The number of amides is 1. The van der Waals surface area contributed by atoms with Gasteiger partial charge in [0.1, 0.15) is 11.3 Å². The van der Waals surface area contributed by atoms with Crippen molar-refractivity contribution in [1.82, 2.24) is 5.32 Å². The van der Waals surface area contributed by atoms with Crippen LogP contribution in [0.2, 0.25) is 0 Å². The summed E-state index contributed by atoms with van der Waals surface area (Å²) in [5, 5.41) is 2.94. The molecule has 1 atom stereocenters. The van der Waals surface area contributed by atoms with E-state index < -0.39 is 0 Å². The second kappa shape index (κ2) is 6.28. The standard InChI is InChI=1S/C14H22N2O2/c1-5-18-12-8-6-7-11(15)13(12)14(17)16-10(4)9(2)3/h6-10H,5,15H2,1-4H3,(H,16,17). The summed E-state index contributed by atoms with van der Waals surface area (Å²) in [6.45, 7) is 8.47. The molecule has 4 heteroatoms. The van der Waals surface area contributed by atoms with Crippen molar-refractivity contribution in [1.29, 1.82) is 0 Å². The number of anilines is 1. The van der Waals surface area contributed by atoms with Gasteiger partial charge in [0.25, 0.3) is 5.91 Å². The van der Waals surface area contributed by atoms with Crippen molar-refractivity contribution in [2.75, 3.05) is 12.3 Å². The molecule has 1 unspecified atom stereocenters. The monoisotopic (exact) mass is 250 g/mol. The second-order valence-corrected chi connectivity index (χ2v) is 4.66. The van der Waals surface area contributed by atoms with E-state index in [1.165, 1.54) is 0 Å². The average molecular weight is 250 g/mol. The molecule has 0 fully saturated rings. The Morgan fingerprint density at radius 2 is 2.06 bits per heavy atom. The van der Waals surface area contributed by atoms with Crippen LogP contribution in [0, 0.1) is 5.92 Å². The summed E-state index contributed by atoms with van der Waals surface area (Å²) in [4.78, 5) is 12.2. The van der Waals surface area contributed by atoms with E-state index in [4.69, 9.17) is 10.5 Å². The first-order valence-corrected chi connectivity index (χ1v) is 6.29. The van der Waals surface area contributed by atoms with Gasteiger partial charge in [-0.1, -0.05) is 19.9 Å². The third kappa shape index (κ3) is 3.39. The molecule has 0 radical (unpaired) electrons. The number of ether oxygens (including phenoxy) is 1. The van der Waals surface area contributed by atoms with Crippen LogP contribution < -0.4 is 15.8 Å². The van der Waals surface area contributed by atoms with E-state index in [0.29, 0.717) is 29.5 Å². The molecule has 3 N–H and O–H groups in total. The zero-order valence-electron chi connectivity index (χ0n) is 11.5. The minimum atomic E-state index is -0.183. The van der Waals surface area contributed by atoms with Crippen LogP contribution in [-0.2, 0) is 0 Å². The quantitative estimate of drug-likeness (QED) is 0.789. The van der Waals surface area contributed by atoms with Gasteiger partial charge in [0.2, 0.25) is 0 Å². The second-order valence-electron chi connectivity index (χ2n) is 4.66. The third-order valence-corrected chi connectivity index (χ3v) is 2.94. The first-order chi connectivity index (χ1) is 8.47. The van der Waals surface area contributed by atoms with E-state index in [-0.39, 0.29) is 11.9 Å². The van der Waals surface area contributed by atoms with E-state index in [1.54, 1.807) is 18.2 Å². The van der Waals surface area contributed by atoms with Gasteiger partial charge < -0.3 is 15.8 Å². The van der Waals surface area contributed by atoms with E-state index in [2.05, 4.69) is 19.2 Å². The maximum absolute atomic E-state index is 12.2. The topological polar surface area (TPSA) is 64.3 Å². The Morgan fingerprint density at radius 3 is 2.61 bits per heavy atom. The van der Waals surface area contributed by atoms with Crippen LogP contribution in [0.3, 0.4) is 0 Å². The van der Waals surface area contributed by atoms with Crippen molar-refractivity contribution in [2.24, 2.45) is 5.92 Å². The maximum atomic E-state index is 12.2. The molecular formula is C14H22N2O2. The first kappa shape index (κ1) is 14.4. The van der Waals surface area contributed by atoms with Crippen LogP contribution in [0.5, 0.6) is 5.75 Å². The summed E-state index contributed by atoms with van der Waals surface area (Å²) in [5.74, 6) is 0.720. The highest BCUT2D eigenvalue weighted by Crippen LogP contribution is 2.24. The molecule has 0 spiro atoms. The fourth-order valence-corrected chi connectivity index (χ4v) is 1.51. The molecule has 1 aromatic rings. The van der Waals surface area contributed by atoms with E-state index in [9.17, 15) is 4.79 Å². The predicted molar refractivity (Wildman–Crippen MR) is 73.8 cm³/mol. The molecule has 1 rings (SSSR count). The van der Waals surface area contributed by atoms with Crippen molar-refractivity contribution in [2.45, 2.75) is 33.7 Å². The van der Waals surface area contributed by atoms with Gasteiger partial charge in [-0.25, -0.2) is 0 Å². The molecule has 0 heterocycles. The SMILES string of the molecule is CCOc1cccc(N)c1C(=O)NC(C)C(C)C. The molecule has 1 amide bonds. The zero-order chi connectivity index (χ0) is 13.7. The molecule has 0 aliphatic rings. The minimum Gasteiger partial charge on any atom is -0.493 e. The van der Waals surface area contributed by atoms with Gasteiger partial charge >= 0.3 is 0 Å². The molecule has 0 bridgehead atoms. The first-order valence-electron chi connectivity index (χ1n) is 6.29. The number of hydrogen-bond donors (Lipinski definition) is 2. The molecule has 0 aromatic heterocycles. The molecule has 100 valence electrons. The summed E-state index contributed by atoms with van der Waals surface area (Å²) in [6.07, 6.45) is 0. The van der Waals surface area contributed by atoms with Crippen LogP contribution in [0.15, 0.2) is 18.2 Å². The number of carbonyl (C=O) groups is 1. The zero-order valence-corrected chi connectivity index (χ0v) is 11.5. The highest BCUT2D eigenvalue weighted by Gasteiger charge is 2.18. The molecule has 0 aliphatic carbocycles. The van der Waals surface area contributed by atoms with Gasteiger partial charge in [-0.2, -0.15) is 0 Å². The van der Waals surface area contributed by atoms with Crippen LogP contribution in [0.4, 0.5) is 5.69 Å². The molecule has 0 aliphatic heterocycles. The van der Waals surface area contributed by atoms with Gasteiger partial charge in [-0.15, -0.1) is 0 Å². The predicted octanol–water partition coefficient (Wildman–Crippen LogP) is 2.44. The molecule has 0 saturated heterocycles. The Balaban J connectivity index is 2.97. The normalized spacial score (nSPS) is 12.3. The maximum Gasteiger partial charge on any atom is 0.257 e. The van der Waals surface area contributed by atoms with Gasteiger partial charge in [0.05, 0.1) is 6.61 Å². The lowest BCUT2D eigenvalue weighted by Gasteiger charge is -2.19. The summed E-state index contributed by atoms with van der Waals surface area (Å²) in [6, 6.07) is 5.33. The summed E-state index contributed by atoms with van der Waals surface area (Å²) < 4.78 is 5.44. The van der Waals surface area contributed by atoms with Gasteiger partial charge in [0, 0.05) is 11.7 Å². The highest BCUT2D eigenvalue weighted by atomic mass is 16.5. The van der Waals surface area contributed by atoms with Crippen molar-refractivity contribution in [3.8, 4) is 5.75 Å². The molecule has 1 aromatic carbocycles. The number of carbonyl (C=O) groups excluding carboxylic acids is 1. The number of nitrogens with one attached hydrogen (secondary N) is 1. The number of nitrogen functional groups attached to an aromatic ring is 1. The van der Waals surface area contributed by atoms with Gasteiger partial charge in [0.15, 0.2) is 0 Å². The van der Waals surface area contributed by atoms with Crippen LogP contribution in [-0.4, -0.2) is 18.6 Å². The van der Waals surface area contributed by atoms with Crippen molar-refractivity contribution in [3.63, 3.8) is 0 Å². The number of rotatable bonds is 5. The van der Waals surface area contributed by atoms with Crippen LogP contribution >= 0.6 is 0 Å². The lowest BCUT2D eigenvalue weighted by atomic mass is 10.1. The number of benzene rings is 1. The Labute approximate surface area is 109 Å². The fraction of sp³-hybridized carbons (Fsp3) is 0.500. The van der Waals surface area contributed by atoms with Crippen LogP contribution in [0.25, 0.3) is 0 Å². The van der Waals surface area contributed by atoms with Gasteiger partial charge in [-0.05, 0) is 31.9 Å². The summed E-state index contributed by atoms with van der Waals surface area (Å²) in [7, 11) is 0. The Hall–Kier alpha value is -1.71. The van der Waals surface area contributed by atoms with Crippen molar-refractivity contribution >= 4 is 11.6 Å². The fourth-order valence-electron chi connectivity index (χ4n) is 1.51. The van der Waals surface area contributed by atoms with E-state index in [0.717, 1.165) is 0 Å². The van der Waals surface area contributed by atoms with Crippen molar-refractivity contribution in [3.05, 3.63) is 23.8 Å². The number of hydrogen-bond acceptors (Lipinski definition) is 3. The summed E-state index contributed by atoms with van der Waals surface area (Å²) >= 11 is 0. The Kier molecular flexibility index (Phi) is 5.01. The molecule has 18 heavy (non-hydrogen) atoms. The smallest absolute Gasteiger partial charge is 0.257 e. The lowest BCUT2D eigenvalue weighted by Crippen LogP contribution is -2.36.